The Morgan fingerprint density at radius 1 is 0.173 bits per heavy atom. The smallest absolute Gasteiger partial charge is 0.333 e. The van der Waals surface area contributed by atoms with E-state index >= 15 is 0 Å². The maximum absolute atomic E-state index is 2.67. The Kier molecular flexibility index (Phi) is 20.9. The molecule has 4 aliphatic heterocycles. The van der Waals surface area contributed by atoms with Gasteiger partial charge in [-0.1, -0.05) is 321 Å². The molecular weight excluding hydrogens is 1680 g/mol. The maximum Gasteiger partial charge on any atom is 0.333 e. The average Bonchev–Trinajstić information content (AvgIpc) is 0.695. The fourth-order valence-corrected chi connectivity index (χ4v) is 22.6. The number of aryl methyl sites for hydroxylation is 4. The normalized spacial score (nSPS) is 12.4. The van der Waals surface area contributed by atoms with Crippen LogP contribution in [0.25, 0.3) is 111 Å². The van der Waals surface area contributed by atoms with Gasteiger partial charge in [0.25, 0.3) is 0 Å². The number of anilines is 16. The second-order valence-corrected chi connectivity index (χ2v) is 37.3. The summed E-state index contributed by atoms with van der Waals surface area (Å²) in [5.41, 5.74) is 51.7. The lowest BCUT2D eigenvalue weighted by Gasteiger charge is -2.46. The van der Waals surface area contributed by atoms with Crippen LogP contribution in [0.5, 0.6) is 0 Å². The van der Waals surface area contributed by atoms with Crippen LogP contribution in [-0.2, 0) is 0 Å². The summed E-state index contributed by atoms with van der Waals surface area (Å²) in [6, 6.07) is 184. The van der Waals surface area contributed by atoms with E-state index in [-0.39, 0.29) is 13.7 Å². The number of rotatable bonds is 18. The molecule has 0 saturated carbocycles. The van der Waals surface area contributed by atoms with E-state index in [1.54, 1.807) is 0 Å². The Bertz CT molecular complexity index is 8310. The number of hydrogen-bond donors (Lipinski definition) is 0. The van der Waals surface area contributed by atoms with Crippen LogP contribution in [0.15, 0.2) is 491 Å². The summed E-state index contributed by atoms with van der Waals surface area (Å²) >= 11 is 0. The summed E-state index contributed by atoms with van der Waals surface area (Å²) in [5, 5.41) is 0. The van der Waals surface area contributed by atoms with Crippen LogP contribution < -0.4 is 51.1 Å². The number of fused-ring (bicyclic) bond motifs is 8. The van der Waals surface area contributed by atoms with Gasteiger partial charge in [-0.25, -0.2) is 0 Å². The molecular formula is C131H96B2N6. The third kappa shape index (κ3) is 14.7. The SMILES string of the molecule is Cc1ccc(-c2cc3c4c(c2)N(c2ccc(-c5ccccc5)cc2C)c2ccc(N(c5ccccc5)c5cccc(-c6cccc(-c7cc8c9c(c7)N(c7ccc(-c%10ccccc%10)cc7C)c7ccc(N(c%10ccccc%10)c%10ccccc%10)cc7B9N(c7cccc(-c9ccccc9)c7)c7ccccc7-8)c6C)c5)cc2B4N(c2cccc(-c4ccccc4)c2)c2ccc(-c4ccccc4)cc2-3)c(C)c1. The summed E-state index contributed by atoms with van der Waals surface area (Å²) in [5.74, 6) is 0. The molecule has 25 rings (SSSR count). The molecule has 0 spiro atoms. The van der Waals surface area contributed by atoms with Gasteiger partial charge in [-0.15, -0.1) is 0 Å². The molecule has 0 unspecified atom stereocenters. The Balaban J connectivity index is 0.682. The van der Waals surface area contributed by atoms with Crippen LogP contribution in [0.3, 0.4) is 0 Å². The van der Waals surface area contributed by atoms with E-state index < -0.39 is 0 Å². The van der Waals surface area contributed by atoms with Gasteiger partial charge < -0.3 is 29.2 Å². The lowest BCUT2D eigenvalue weighted by atomic mass is 9.43. The molecule has 656 valence electrons. The van der Waals surface area contributed by atoms with Gasteiger partial charge >= 0.3 is 13.7 Å². The molecule has 4 heterocycles. The van der Waals surface area contributed by atoms with E-state index in [0.29, 0.717) is 0 Å². The lowest BCUT2D eigenvalue weighted by molar-refractivity contribution is 1.23. The van der Waals surface area contributed by atoms with Crippen molar-refractivity contribution in [3.8, 4) is 111 Å². The molecule has 0 radical (unpaired) electrons. The highest BCUT2D eigenvalue weighted by Gasteiger charge is 2.49. The van der Waals surface area contributed by atoms with E-state index in [1.165, 1.54) is 116 Å². The molecule has 0 atom stereocenters. The number of benzene rings is 21. The first kappa shape index (κ1) is 83.4. The van der Waals surface area contributed by atoms with Gasteiger partial charge in [0.05, 0.1) is 0 Å². The zero-order valence-electron chi connectivity index (χ0n) is 78.1. The Hall–Kier alpha value is -17.5. The monoisotopic (exact) mass is 1770 g/mol. The first-order valence-corrected chi connectivity index (χ1v) is 48.3. The Labute approximate surface area is 815 Å². The molecule has 0 saturated heterocycles. The summed E-state index contributed by atoms with van der Waals surface area (Å²) in [4.78, 5) is 15.4. The minimum Gasteiger partial charge on any atom is -0.376 e. The molecule has 139 heavy (non-hydrogen) atoms. The topological polar surface area (TPSA) is 19.4 Å². The lowest BCUT2D eigenvalue weighted by Crippen LogP contribution is -2.61. The van der Waals surface area contributed by atoms with Crippen molar-refractivity contribution in [1.29, 1.82) is 0 Å². The molecule has 0 bridgehead atoms. The summed E-state index contributed by atoms with van der Waals surface area (Å²) in [6.45, 7) is 10.8. The van der Waals surface area contributed by atoms with E-state index in [4.69, 9.17) is 0 Å². The Morgan fingerprint density at radius 2 is 0.504 bits per heavy atom. The predicted molar refractivity (Wildman–Crippen MR) is 590 cm³/mol. The second-order valence-electron chi connectivity index (χ2n) is 37.3. The molecule has 0 aliphatic carbocycles. The van der Waals surface area contributed by atoms with Crippen LogP contribution in [0.4, 0.5) is 91.0 Å². The van der Waals surface area contributed by atoms with E-state index in [2.05, 4.69) is 555 Å². The molecule has 0 amide bonds. The fourth-order valence-electron chi connectivity index (χ4n) is 22.6. The zero-order valence-corrected chi connectivity index (χ0v) is 78.1. The van der Waals surface area contributed by atoms with Gasteiger partial charge in [0.2, 0.25) is 0 Å². The van der Waals surface area contributed by atoms with Crippen LogP contribution in [0.1, 0.15) is 27.8 Å². The van der Waals surface area contributed by atoms with Crippen LogP contribution in [0, 0.1) is 34.6 Å². The highest BCUT2D eigenvalue weighted by atomic mass is 15.2. The number of para-hydroxylation sites is 4. The van der Waals surface area contributed by atoms with Gasteiger partial charge in [-0.3, -0.25) is 0 Å². The highest BCUT2D eigenvalue weighted by Crippen LogP contribution is 2.55. The third-order valence-corrected chi connectivity index (χ3v) is 28.9. The van der Waals surface area contributed by atoms with Gasteiger partial charge in [0.15, 0.2) is 0 Å². The van der Waals surface area contributed by atoms with Crippen molar-refractivity contribution in [3.63, 3.8) is 0 Å². The minimum atomic E-state index is -0.341. The predicted octanol–water partition coefficient (Wildman–Crippen LogP) is 32.9. The van der Waals surface area contributed by atoms with Gasteiger partial charge in [0.1, 0.15) is 0 Å². The highest BCUT2D eigenvalue weighted by molar-refractivity contribution is 6.94. The standard InChI is InChI=1S/C131H96B2N6/c1-87-62-68-113(88(2)74-87)103-81-119-117-80-101(96-44-22-10-23-45-96)65-71-125(117)139(112-57-33-47-98(78-112)93-38-16-7-17-39-93)133-121-86-110(67-73-127(121)136(128(83-103)131(119)133)122-69-63-99(75-89(122)3)94-40-18-8-19-41-94)135(107-53-28-13-29-54-107)108-55-34-48-102(79-108)114-59-35-60-115(91(114)5)104-82-118-116-58-30-31-61-124(116)138(111-56-32-46-97(77-111)92-36-14-6-15-37-92)132-120-85-109(134(105-49-24-11-25-50-105)106-51-26-12-27-52-106)66-72-126(120)137(129(84-104)130(118)132)123-70-64-100(76-90(123)4)95-42-20-9-21-43-95/h6-86H,1-5H3. The fraction of sp³-hybridized carbons (Fsp3) is 0.0382. The van der Waals surface area contributed by atoms with Crippen LogP contribution >= 0.6 is 0 Å². The molecule has 21 aromatic carbocycles. The third-order valence-electron chi connectivity index (χ3n) is 28.9. The molecule has 6 nitrogen and oxygen atoms in total. The van der Waals surface area contributed by atoms with Crippen LogP contribution in [-0.4, -0.2) is 13.7 Å². The van der Waals surface area contributed by atoms with E-state index in [1.807, 2.05) is 0 Å². The van der Waals surface area contributed by atoms with Crippen molar-refractivity contribution in [1.82, 2.24) is 0 Å². The average molecular weight is 1780 g/mol. The molecule has 0 aromatic heterocycles. The van der Waals surface area contributed by atoms with Gasteiger partial charge in [-0.05, 0) is 355 Å². The molecule has 21 aromatic rings. The van der Waals surface area contributed by atoms with E-state index in [9.17, 15) is 0 Å². The quantitative estimate of drug-likeness (QED) is 0.0792. The van der Waals surface area contributed by atoms with Crippen molar-refractivity contribution in [2.24, 2.45) is 0 Å². The molecule has 8 heteroatoms. The first-order valence-electron chi connectivity index (χ1n) is 48.3. The van der Waals surface area contributed by atoms with Gasteiger partial charge in [0, 0.05) is 102 Å². The van der Waals surface area contributed by atoms with Crippen LogP contribution in [0.2, 0.25) is 0 Å². The molecule has 0 fully saturated rings. The van der Waals surface area contributed by atoms with Crippen molar-refractivity contribution < 1.29 is 0 Å². The minimum absolute atomic E-state index is 0.304. The van der Waals surface area contributed by atoms with Crippen molar-refractivity contribution >= 4 is 127 Å². The summed E-state index contributed by atoms with van der Waals surface area (Å²) < 4.78 is 0. The van der Waals surface area contributed by atoms with E-state index in [0.717, 1.165) is 136 Å². The number of hydrogen-bond acceptors (Lipinski definition) is 6. The zero-order chi connectivity index (χ0) is 92.9. The molecule has 4 aliphatic rings. The second kappa shape index (κ2) is 34.8. The van der Waals surface area contributed by atoms with Gasteiger partial charge in [-0.2, -0.15) is 0 Å². The largest absolute Gasteiger partial charge is 0.376 e. The Morgan fingerprint density at radius 3 is 0.964 bits per heavy atom. The summed E-state index contributed by atoms with van der Waals surface area (Å²) in [6.07, 6.45) is 0. The first-order chi connectivity index (χ1) is 68.5. The van der Waals surface area contributed by atoms with Crippen molar-refractivity contribution in [3.05, 3.63) is 519 Å². The van der Waals surface area contributed by atoms with Crippen molar-refractivity contribution in [2.45, 2.75) is 34.6 Å². The maximum atomic E-state index is 2.67. The van der Waals surface area contributed by atoms with Crippen molar-refractivity contribution in [2.75, 3.05) is 29.2 Å². The summed E-state index contributed by atoms with van der Waals surface area (Å²) in [7, 11) is 0. The number of nitrogens with zero attached hydrogens (tertiary/aromatic N) is 6. The molecule has 0 N–H and O–H groups in total.